The minimum absolute atomic E-state index is 1.17. The summed E-state index contributed by atoms with van der Waals surface area (Å²) in [6.45, 7) is 0. The number of hydrogen-bond acceptors (Lipinski definition) is 0. The van der Waals surface area contributed by atoms with Crippen LogP contribution in [0.3, 0.4) is 0 Å². The predicted molar refractivity (Wildman–Crippen MR) is 87.9 cm³/mol. The highest BCUT2D eigenvalue weighted by atomic mass is 14.5. The van der Waals surface area contributed by atoms with Crippen molar-refractivity contribution < 1.29 is 0 Å². The highest BCUT2D eigenvalue weighted by Gasteiger charge is 2.47. The first-order valence-corrected chi connectivity index (χ1v) is 10.4. The van der Waals surface area contributed by atoms with Crippen molar-refractivity contribution in [2.24, 2.45) is 47.3 Å². The lowest BCUT2D eigenvalue weighted by Crippen LogP contribution is -2.39. The summed E-state index contributed by atoms with van der Waals surface area (Å²) in [5.41, 5.74) is 0. The van der Waals surface area contributed by atoms with Crippen LogP contribution < -0.4 is 0 Å². The Morgan fingerprint density at radius 3 is 1.52 bits per heavy atom. The molecule has 8 rings (SSSR count). The van der Waals surface area contributed by atoms with Crippen molar-refractivity contribution in [2.75, 3.05) is 0 Å². The van der Waals surface area contributed by atoms with E-state index in [0.29, 0.717) is 0 Å². The Bertz CT molecular complexity index is 353. The largest absolute Gasteiger partial charge is 0.0527 e. The van der Waals surface area contributed by atoms with Crippen LogP contribution in [0, 0.1) is 47.3 Å². The van der Waals surface area contributed by atoms with Crippen LogP contribution in [0.4, 0.5) is 0 Å². The molecule has 0 heteroatoms. The van der Waals surface area contributed by atoms with Crippen molar-refractivity contribution in [3.63, 3.8) is 0 Å². The Labute approximate surface area is 131 Å². The molecule has 21 heavy (non-hydrogen) atoms. The van der Waals surface area contributed by atoms with Gasteiger partial charge in [0.15, 0.2) is 0 Å². The van der Waals surface area contributed by atoms with Gasteiger partial charge in [-0.1, -0.05) is 19.3 Å². The summed E-state index contributed by atoms with van der Waals surface area (Å²) < 4.78 is 0. The summed E-state index contributed by atoms with van der Waals surface area (Å²) in [6.07, 6.45) is 20.6. The van der Waals surface area contributed by atoms with Gasteiger partial charge in [0, 0.05) is 0 Å². The Morgan fingerprint density at radius 2 is 0.905 bits per heavy atom. The van der Waals surface area contributed by atoms with E-state index in [-0.39, 0.29) is 0 Å². The van der Waals surface area contributed by atoms with Crippen LogP contribution in [-0.2, 0) is 0 Å². The van der Waals surface area contributed by atoms with E-state index in [1.165, 1.54) is 47.3 Å². The van der Waals surface area contributed by atoms with Crippen molar-refractivity contribution in [1.82, 2.24) is 0 Å². The van der Waals surface area contributed by atoms with Gasteiger partial charge in [-0.05, 0) is 112 Å². The summed E-state index contributed by atoms with van der Waals surface area (Å²) in [6, 6.07) is 0. The summed E-state index contributed by atoms with van der Waals surface area (Å²) in [5.74, 6) is 9.52. The summed E-state index contributed by atoms with van der Waals surface area (Å²) in [4.78, 5) is 0. The minimum atomic E-state index is 1.17. The van der Waals surface area contributed by atoms with Crippen LogP contribution in [0.1, 0.15) is 83.5 Å². The highest BCUT2D eigenvalue weighted by Crippen LogP contribution is 2.57. The lowest BCUT2D eigenvalue weighted by Gasteiger charge is -2.49. The second-order valence-electron chi connectivity index (χ2n) is 9.62. The van der Waals surface area contributed by atoms with E-state index in [2.05, 4.69) is 0 Å². The summed E-state index contributed by atoms with van der Waals surface area (Å²) in [7, 11) is 0. The number of hydrogen-bond donors (Lipinski definition) is 0. The maximum atomic E-state index is 1.61. The van der Waals surface area contributed by atoms with Gasteiger partial charge in [-0.15, -0.1) is 0 Å². The molecule has 4 unspecified atom stereocenters. The number of rotatable bonds is 0. The van der Waals surface area contributed by atoms with E-state index in [4.69, 9.17) is 0 Å². The molecule has 4 bridgehead atoms. The molecule has 4 atom stereocenters. The molecule has 0 aliphatic heterocycles. The van der Waals surface area contributed by atoms with Crippen LogP contribution in [-0.4, -0.2) is 0 Å². The van der Waals surface area contributed by atoms with Crippen LogP contribution in [0.5, 0.6) is 0 Å². The first-order valence-electron chi connectivity index (χ1n) is 10.4. The molecule has 8 saturated carbocycles. The monoisotopic (exact) mass is 286 g/mol. The normalized spacial score (nSPS) is 56.0. The van der Waals surface area contributed by atoms with Gasteiger partial charge in [0.25, 0.3) is 0 Å². The molecule has 0 aromatic heterocycles. The van der Waals surface area contributed by atoms with Crippen molar-refractivity contribution in [3.05, 3.63) is 0 Å². The quantitative estimate of drug-likeness (QED) is 0.508. The van der Waals surface area contributed by atoms with Gasteiger partial charge in [-0.25, -0.2) is 0 Å². The second kappa shape index (κ2) is 5.27. The lowest BCUT2D eigenvalue weighted by molar-refractivity contribution is 0.0152. The lowest BCUT2D eigenvalue weighted by atomic mass is 9.57. The van der Waals surface area contributed by atoms with E-state index in [9.17, 15) is 0 Å². The van der Waals surface area contributed by atoms with Crippen molar-refractivity contribution >= 4 is 0 Å². The third-order valence-electron chi connectivity index (χ3n) is 8.88. The average Bonchev–Trinajstić information content (AvgIpc) is 3.18. The van der Waals surface area contributed by atoms with Gasteiger partial charge in [0.05, 0.1) is 0 Å². The Kier molecular flexibility index (Phi) is 3.38. The van der Waals surface area contributed by atoms with Gasteiger partial charge < -0.3 is 0 Å². The first-order chi connectivity index (χ1) is 10.4. The third-order valence-corrected chi connectivity index (χ3v) is 8.88. The zero-order valence-corrected chi connectivity index (χ0v) is 13.8. The van der Waals surface area contributed by atoms with E-state index >= 15 is 0 Å². The predicted octanol–water partition coefficient (Wildman–Crippen LogP) is 6.06. The summed E-state index contributed by atoms with van der Waals surface area (Å²) >= 11 is 0. The maximum Gasteiger partial charge on any atom is -0.0355 e. The fourth-order valence-corrected chi connectivity index (χ4v) is 7.93. The fraction of sp³-hybridized carbons (Fsp3) is 1.00. The summed E-state index contributed by atoms with van der Waals surface area (Å²) in [5, 5.41) is 0. The molecule has 0 saturated heterocycles. The van der Waals surface area contributed by atoms with Crippen LogP contribution in [0.2, 0.25) is 0 Å². The Hall–Kier alpha value is 0. The molecule has 0 spiro atoms. The smallest absolute Gasteiger partial charge is 0.0355 e. The molecule has 8 aliphatic rings. The van der Waals surface area contributed by atoms with Crippen molar-refractivity contribution in [1.29, 1.82) is 0 Å². The highest BCUT2D eigenvalue weighted by molar-refractivity contribution is 4.97. The van der Waals surface area contributed by atoms with Crippen molar-refractivity contribution in [2.45, 2.75) is 83.5 Å². The van der Waals surface area contributed by atoms with Crippen LogP contribution >= 0.6 is 0 Å². The van der Waals surface area contributed by atoms with Gasteiger partial charge in [0.1, 0.15) is 0 Å². The maximum absolute atomic E-state index is 1.61. The third kappa shape index (κ3) is 2.22. The SMILES string of the molecule is C1CC2C3CCC(CC3)C2C1.C1CC2CC3CC(C3)C2C1. The van der Waals surface area contributed by atoms with Gasteiger partial charge in [-0.3, -0.25) is 0 Å². The van der Waals surface area contributed by atoms with E-state index in [1.54, 1.807) is 83.5 Å². The average molecular weight is 287 g/mol. The molecule has 0 aromatic rings. The molecular formula is C21H34. The zero-order chi connectivity index (χ0) is 13.8. The molecule has 0 heterocycles. The van der Waals surface area contributed by atoms with E-state index in [0.717, 1.165) is 0 Å². The fourth-order valence-electron chi connectivity index (χ4n) is 7.93. The molecule has 0 radical (unpaired) electrons. The topological polar surface area (TPSA) is 0 Å². The molecule has 8 fully saturated rings. The van der Waals surface area contributed by atoms with Crippen LogP contribution in [0.25, 0.3) is 0 Å². The van der Waals surface area contributed by atoms with Crippen LogP contribution in [0.15, 0.2) is 0 Å². The molecule has 0 nitrogen and oxygen atoms in total. The minimum Gasteiger partial charge on any atom is -0.0527 e. The van der Waals surface area contributed by atoms with Gasteiger partial charge in [-0.2, -0.15) is 0 Å². The Morgan fingerprint density at radius 1 is 0.381 bits per heavy atom. The van der Waals surface area contributed by atoms with E-state index in [1.807, 2.05) is 0 Å². The second-order valence-corrected chi connectivity index (χ2v) is 9.62. The standard InChI is InChI=1S/C11H18.C10H16/c1-2-10-8-4-6-9(7-5-8)11(10)3-1;1-2-8-4-7-5-9(6-7)10(8)3-1/h8-11H,1-7H2;7-10H,1-6H2. The zero-order valence-electron chi connectivity index (χ0n) is 13.8. The van der Waals surface area contributed by atoms with E-state index < -0.39 is 0 Å². The molecular weight excluding hydrogens is 252 g/mol. The van der Waals surface area contributed by atoms with Gasteiger partial charge in [0.2, 0.25) is 0 Å². The first kappa shape index (κ1) is 13.4. The molecule has 0 N–H and O–H groups in total. The van der Waals surface area contributed by atoms with Gasteiger partial charge >= 0.3 is 0 Å². The molecule has 0 amide bonds. The molecule has 0 aromatic carbocycles. The molecule has 118 valence electrons. The van der Waals surface area contributed by atoms with Crippen molar-refractivity contribution in [3.8, 4) is 0 Å². The molecule has 8 aliphatic carbocycles. The number of fused-ring (bicyclic) bond motifs is 2. The Balaban J connectivity index is 0.0000000996.